The van der Waals surface area contributed by atoms with Crippen molar-refractivity contribution in [2.45, 2.75) is 6.92 Å². The van der Waals surface area contributed by atoms with Crippen LogP contribution in [-0.2, 0) is 4.79 Å². The number of rotatable bonds is 2. The molecule has 1 amide bonds. The summed E-state index contributed by atoms with van der Waals surface area (Å²) in [6, 6.07) is 4.78. The van der Waals surface area contributed by atoms with Crippen molar-refractivity contribution >= 4 is 11.9 Å². The van der Waals surface area contributed by atoms with Crippen LogP contribution in [0.4, 0.5) is 0 Å². The third-order valence-electron chi connectivity index (χ3n) is 2.90. The highest BCUT2D eigenvalue weighted by molar-refractivity contribution is 5.98. The van der Waals surface area contributed by atoms with Gasteiger partial charge in [0.25, 0.3) is 5.91 Å². The van der Waals surface area contributed by atoms with Crippen LogP contribution in [0.25, 0.3) is 0 Å². The van der Waals surface area contributed by atoms with Crippen LogP contribution < -0.4 is 0 Å². The van der Waals surface area contributed by atoms with Crippen molar-refractivity contribution < 1.29 is 19.8 Å². The maximum Gasteiger partial charge on any atom is 0.310 e. The van der Waals surface area contributed by atoms with Gasteiger partial charge in [-0.1, -0.05) is 11.6 Å². The number of hydrogen-bond acceptors (Lipinski definition) is 3. The fraction of sp³-hybridized carbons (Fsp3) is 0.333. The lowest BCUT2D eigenvalue weighted by Crippen LogP contribution is -2.53. The number of amides is 1. The molecule has 1 aromatic rings. The topological polar surface area (TPSA) is 77.8 Å². The Kier molecular flexibility index (Phi) is 2.75. The summed E-state index contributed by atoms with van der Waals surface area (Å²) >= 11 is 0. The Bertz CT molecular complexity index is 477. The molecule has 0 bridgehead atoms. The molecule has 2 rings (SSSR count). The molecule has 1 aromatic carbocycles. The molecule has 1 aliphatic heterocycles. The predicted octanol–water partition coefficient (Wildman–Crippen LogP) is 0.857. The molecule has 0 radical (unpaired) electrons. The molecule has 0 spiro atoms. The van der Waals surface area contributed by atoms with Crippen LogP contribution >= 0.6 is 0 Å². The van der Waals surface area contributed by atoms with Crippen molar-refractivity contribution in [3.63, 3.8) is 0 Å². The summed E-state index contributed by atoms with van der Waals surface area (Å²) in [6.45, 7) is 2.25. The molecule has 5 nitrogen and oxygen atoms in total. The third-order valence-corrected chi connectivity index (χ3v) is 2.90. The first-order chi connectivity index (χ1) is 7.99. The number of aryl methyl sites for hydroxylation is 1. The zero-order valence-electron chi connectivity index (χ0n) is 9.38. The first-order valence-corrected chi connectivity index (χ1v) is 5.30. The molecular formula is C12H13NO4. The van der Waals surface area contributed by atoms with Crippen molar-refractivity contribution in [3.8, 4) is 5.75 Å². The van der Waals surface area contributed by atoms with Crippen molar-refractivity contribution in [3.05, 3.63) is 29.3 Å². The summed E-state index contributed by atoms with van der Waals surface area (Å²) in [5.41, 5.74) is 1.11. The van der Waals surface area contributed by atoms with E-state index in [1.807, 2.05) is 6.92 Å². The zero-order valence-corrected chi connectivity index (χ0v) is 9.38. The van der Waals surface area contributed by atoms with Crippen LogP contribution in [0.15, 0.2) is 18.2 Å². The predicted molar refractivity (Wildman–Crippen MR) is 59.9 cm³/mol. The van der Waals surface area contributed by atoms with Crippen LogP contribution in [0.3, 0.4) is 0 Å². The number of carbonyl (C=O) groups is 2. The summed E-state index contributed by atoms with van der Waals surface area (Å²) in [6.07, 6.45) is 0. The first-order valence-electron chi connectivity index (χ1n) is 5.30. The number of carboxylic acids is 1. The normalized spacial score (nSPS) is 15.5. The fourth-order valence-electron chi connectivity index (χ4n) is 1.79. The number of likely N-dealkylation sites (tertiary alicyclic amines) is 1. The van der Waals surface area contributed by atoms with E-state index in [1.165, 1.54) is 11.0 Å². The first kappa shape index (κ1) is 11.4. The molecule has 1 fully saturated rings. The van der Waals surface area contributed by atoms with Gasteiger partial charge in [0.1, 0.15) is 5.75 Å². The molecule has 1 aliphatic rings. The third kappa shape index (κ3) is 2.08. The second kappa shape index (κ2) is 4.08. The van der Waals surface area contributed by atoms with Gasteiger partial charge in [0, 0.05) is 13.1 Å². The monoisotopic (exact) mass is 235 g/mol. The van der Waals surface area contributed by atoms with Gasteiger partial charge in [0.2, 0.25) is 0 Å². The second-order valence-corrected chi connectivity index (χ2v) is 4.27. The van der Waals surface area contributed by atoms with Crippen molar-refractivity contribution in [1.82, 2.24) is 4.90 Å². The average molecular weight is 235 g/mol. The van der Waals surface area contributed by atoms with Gasteiger partial charge in [-0.25, -0.2) is 0 Å². The van der Waals surface area contributed by atoms with Gasteiger partial charge < -0.3 is 15.1 Å². The minimum absolute atomic E-state index is 0.0700. The number of carbonyl (C=O) groups excluding carboxylic acids is 1. The lowest BCUT2D eigenvalue weighted by molar-refractivity contribution is -0.146. The van der Waals surface area contributed by atoms with E-state index in [9.17, 15) is 14.7 Å². The van der Waals surface area contributed by atoms with E-state index in [1.54, 1.807) is 12.1 Å². The van der Waals surface area contributed by atoms with Crippen LogP contribution in [-0.4, -0.2) is 40.1 Å². The number of nitrogens with zero attached hydrogens (tertiary/aromatic N) is 1. The van der Waals surface area contributed by atoms with Crippen LogP contribution in [0.5, 0.6) is 5.75 Å². The number of benzene rings is 1. The molecule has 0 aromatic heterocycles. The maximum absolute atomic E-state index is 11.9. The van der Waals surface area contributed by atoms with E-state index >= 15 is 0 Å². The van der Waals surface area contributed by atoms with E-state index in [0.717, 1.165) is 5.56 Å². The summed E-state index contributed by atoms with van der Waals surface area (Å²) in [5.74, 6) is -1.75. The van der Waals surface area contributed by atoms with Gasteiger partial charge in [-0.2, -0.15) is 0 Å². The molecule has 0 atom stereocenters. The summed E-state index contributed by atoms with van der Waals surface area (Å²) in [7, 11) is 0. The standard InChI is InChI=1S/C12H13NO4/c1-7-2-3-10(14)9(4-7)11(15)13-5-8(6-13)12(16)17/h2-4,8,14H,5-6H2,1H3,(H,16,17). The number of aliphatic carboxylic acids is 1. The quantitative estimate of drug-likeness (QED) is 0.796. The molecule has 0 unspecified atom stereocenters. The van der Waals surface area contributed by atoms with Crippen molar-refractivity contribution in [1.29, 1.82) is 0 Å². The molecule has 2 N–H and O–H groups in total. The van der Waals surface area contributed by atoms with E-state index < -0.39 is 11.9 Å². The SMILES string of the molecule is Cc1ccc(O)c(C(=O)N2CC(C(=O)O)C2)c1. The zero-order chi connectivity index (χ0) is 12.6. The van der Waals surface area contributed by atoms with Crippen molar-refractivity contribution in [2.24, 2.45) is 5.92 Å². The molecule has 5 heteroatoms. The van der Waals surface area contributed by atoms with Crippen molar-refractivity contribution in [2.75, 3.05) is 13.1 Å². The molecule has 90 valence electrons. The number of carboxylic acid groups (broad SMARTS) is 1. The minimum atomic E-state index is -0.887. The molecule has 0 aliphatic carbocycles. The Morgan fingerprint density at radius 2 is 2.00 bits per heavy atom. The minimum Gasteiger partial charge on any atom is -0.507 e. The Morgan fingerprint density at radius 3 is 2.59 bits per heavy atom. The summed E-state index contributed by atoms with van der Waals surface area (Å²) < 4.78 is 0. The fourth-order valence-corrected chi connectivity index (χ4v) is 1.79. The maximum atomic E-state index is 11.9. The Morgan fingerprint density at radius 1 is 1.35 bits per heavy atom. The van der Waals surface area contributed by atoms with E-state index in [2.05, 4.69) is 0 Å². The van der Waals surface area contributed by atoms with Crippen LogP contribution in [0, 0.1) is 12.8 Å². The highest BCUT2D eigenvalue weighted by Gasteiger charge is 2.36. The van der Waals surface area contributed by atoms with Gasteiger partial charge in [0.05, 0.1) is 11.5 Å². The van der Waals surface area contributed by atoms with Gasteiger partial charge in [-0.15, -0.1) is 0 Å². The highest BCUT2D eigenvalue weighted by Crippen LogP contribution is 2.24. The Balaban J connectivity index is 2.11. The Hall–Kier alpha value is -2.04. The smallest absolute Gasteiger partial charge is 0.310 e. The lowest BCUT2D eigenvalue weighted by Gasteiger charge is -2.36. The van der Waals surface area contributed by atoms with Crippen LogP contribution in [0.2, 0.25) is 0 Å². The van der Waals surface area contributed by atoms with E-state index in [4.69, 9.17) is 5.11 Å². The summed E-state index contributed by atoms with van der Waals surface area (Å²) in [5, 5.41) is 18.3. The Labute approximate surface area is 98.3 Å². The molecule has 17 heavy (non-hydrogen) atoms. The number of hydrogen-bond donors (Lipinski definition) is 2. The largest absolute Gasteiger partial charge is 0.507 e. The molecular weight excluding hydrogens is 222 g/mol. The highest BCUT2D eigenvalue weighted by atomic mass is 16.4. The summed E-state index contributed by atoms with van der Waals surface area (Å²) in [4.78, 5) is 24.0. The molecule has 1 saturated heterocycles. The van der Waals surface area contributed by atoms with Gasteiger partial charge in [-0.05, 0) is 19.1 Å². The van der Waals surface area contributed by atoms with Gasteiger partial charge in [0.15, 0.2) is 0 Å². The van der Waals surface area contributed by atoms with Gasteiger partial charge in [-0.3, -0.25) is 9.59 Å². The van der Waals surface area contributed by atoms with E-state index in [-0.39, 0.29) is 30.3 Å². The van der Waals surface area contributed by atoms with Gasteiger partial charge >= 0.3 is 5.97 Å². The lowest BCUT2D eigenvalue weighted by atomic mass is 9.98. The second-order valence-electron chi connectivity index (χ2n) is 4.27. The number of phenolic OH excluding ortho intramolecular Hbond substituents is 1. The number of phenols is 1. The van der Waals surface area contributed by atoms with E-state index in [0.29, 0.717) is 0 Å². The molecule has 0 saturated carbocycles. The molecule has 1 heterocycles. The number of aromatic hydroxyl groups is 1. The average Bonchev–Trinajstić information content (AvgIpc) is 2.18. The van der Waals surface area contributed by atoms with Crippen LogP contribution in [0.1, 0.15) is 15.9 Å².